The summed E-state index contributed by atoms with van der Waals surface area (Å²) in [5.74, 6) is 0. The van der Waals surface area contributed by atoms with Crippen molar-refractivity contribution in [1.29, 1.82) is 0 Å². The molecule has 0 saturated carbocycles. The zero-order valence-electron chi connectivity index (χ0n) is 12.2. The van der Waals surface area contributed by atoms with Crippen LogP contribution in [-0.4, -0.2) is 56.8 Å². The number of ether oxygens (including phenoxy) is 1. The average Bonchev–Trinajstić information content (AvgIpc) is 2.53. The van der Waals surface area contributed by atoms with Gasteiger partial charge in [-0.05, 0) is 24.2 Å². The molecule has 1 aromatic rings. The summed E-state index contributed by atoms with van der Waals surface area (Å²) in [6, 6.07) is 6.90. The van der Waals surface area contributed by atoms with Crippen molar-refractivity contribution >= 4 is 10.0 Å². The van der Waals surface area contributed by atoms with E-state index in [4.69, 9.17) is 9.84 Å². The van der Waals surface area contributed by atoms with E-state index in [1.165, 1.54) is 4.31 Å². The molecule has 7 heteroatoms. The molecule has 1 heterocycles. The van der Waals surface area contributed by atoms with E-state index in [0.29, 0.717) is 13.2 Å². The Hall–Kier alpha value is -0.990. The molecule has 21 heavy (non-hydrogen) atoms. The molecule has 0 amide bonds. The van der Waals surface area contributed by atoms with Gasteiger partial charge in [0.2, 0.25) is 10.0 Å². The zero-order chi connectivity index (χ0) is 15.3. The minimum absolute atomic E-state index is 0.173. The van der Waals surface area contributed by atoms with Crippen molar-refractivity contribution in [1.82, 2.24) is 9.62 Å². The van der Waals surface area contributed by atoms with E-state index >= 15 is 0 Å². The van der Waals surface area contributed by atoms with Crippen molar-refractivity contribution in [2.45, 2.75) is 24.5 Å². The predicted molar refractivity (Wildman–Crippen MR) is 79.4 cm³/mol. The summed E-state index contributed by atoms with van der Waals surface area (Å²) < 4.78 is 31.8. The molecule has 1 fully saturated rings. The molecule has 1 aliphatic rings. The summed E-state index contributed by atoms with van der Waals surface area (Å²) in [6.45, 7) is 4.26. The Kier molecular flexibility index (Phi) is 5.72. The van der Waals surface area contributed by atoms with Crippen molar-refractivity contribution in [3.63, 3.8) is 0 Å². The predicted octanol–water partition coefficient (Wildman–Crippen LogP) is 0.178. The minimum Gasteiger partial charge on any atom is -0.394 e. The second-order valence-electron chi connectivity index (χ2n) is 4.96. The summed E-state index contributed by atoms with van der Waals surface area (Å²) in [6.07, 6.45) is -0.443. The van der Waals surface area contributed by atoms with Gasteiger partial charge in [0.05, 0.1) is 24.2 Å². The maximum atomic E-state index is 12.5. The Bertz CT molecular complexity index is 545. The molecule has 0 aromatic heterocycles. The van der Waals surface area contributed by atoms with Crippen LogP contribution in [0.2, 0.25) is 0 Å². The van der Waals surface area contributed by atoms with Gasteiger partial charge in [0, 0.05) is 19.6 Å². The number of aliphatic hydroxyl groups is 1. The maximum absolute atomic E-state index is 12.5. The Morgan fingerprint density at radius 2 is 2.10 bits per heavy atom. The van der Waals surface area contributed by atoms with Gasteiger partial charge in [0.1, 0.15) is 0 Å². The number of aliphatic hydroxyl groups excluding tert-OH is 1. The number of nitrogens with zero attached hydrogens (tertiary/aromatic N) is 1. The number of hydrogen-bond acceptors (Lipinski definition) is 5. The second kappa shape index (κ2) is 7.33. The van der Waals surface area contributed by atoms with Crippen LogP contribution in [0.1, 0.15) is 12.5 Å². The molecule has 2 N–H and O–H groups in total. The fraction of sp³-hybridized carbons (Fsp3) is 0.571. The number of hydrogen-bond donors (Lipinski definition) is 2. The second-order valence-corrected chi connectivity index (χ2v) is 6.90. The van der Waals surface area contributed by atoms with Crippen molar-refractivity contribution in [2.24, 2.45) is 0 Å². The maximum Gasteiger partial charge on any atom is 0.243 e. The average molecular weight is 314 g/mol. The van der Waals surface area contributed by atoms with Gasteiger partial charge in [-0.1, -0.05) is 19.1 Å². The Balaban J connectivity index is 2.11. The zero-order valence-corrected chi connectivity index (χ0v) is 13.0. The molecule has 118 valence electrons. The van der Waals surface area contributed by atoms with Gasteiger partial charge in [-0.3, -0.25) is 0 Å². The first-order chi connectivity index (χ1) is 10.1. The fourth-order valence-electron chi connectivity index (χ4n) is 2.22. The van der Waals surface area contributed by atoms with E-state index in [9.17, 15) is 8.42 Å². The molecule has 0 spiro atoms. The van der Waals surface area contributed by atoms with E-state index in [0.717, 1.165) is 18.7 Å². The van der Waals surface area contributed by atoms with Crippen LogP contribution in [0.4, 0.5) is 0 Å². The van der Waals surface area contributed by atoms with Gasteiger partial charge < -0.3 is 15.2 Å². The summed E-state index contributed by atoms with van der Waals surface area (Å²) >= 11 is 0. The lowest BCUT2D eigenvalue weighted by Crippen LogP contribution is -2.46. The van der Waals surface area contributed by atoms with Crippen molar-refractivity contribution in [3.8, 4) is 0 Å². The van der Waals surface area contributed by atoms with Crippen LogP contribution in [0.3, 0.4) is 0 Å². The molecule has 2 rings (SSSR count). The summed E-state index contributed by atoms with van der Waals surface area (Å²) in [5, 5.41) is 12.3. The standard InChI is InChI=1S/C14H22N2O4S/c1-2-15-9-12-3-5-14(6-4-12)21(18,19)16-7-8-20-13(10-16)11-17/h3-6,13,15,17H,2,7-11H2,1H3. The third kappa shape index (κ3) is 4.02. The first-order valence-corrected chi connectivity index (χ1v) is 8.54. The smallest absolute Gasteiger partial charge is 0.243 e. The number of sulfonamides is 1. The highest BCUT2D eigenvalue weighted by Gasteiger charge is 2.30. The molecule has 1 saturated heterocycles. The molecule has 1 aliphatic heterocycles. The van der Waals surface area contributed by atoms with Gasteiger partial charge >= 0.3 is 0 Å². The van der Waals surface area contributed by atoms with E-state index in [2.05, 4.69) is 5.32 Å². The van der Waals surface area contributed by atoms with Crippen molar-refractivity contribution in [3.05, 3.63) is 29.8 Å². The fourth-order valence-corrected chi connectivity index (χ4v) is 3.67. The van der Waals surface area contributed by atoms with Crippen LogP contribution in [0.5, 0.6) is 0 Å². The number of nitrogens with one attached hydrogen (secondary N) is 1. The van der Waals surface area contributed by atoms with Crippen LogP contribution in [0.25, 0.3) is 0 Å². The Morgan fingerprint density at radius 3 is 2.71 bits per heavy atom. The Morgan fingerprint density at radius 1 is 1.38 bits per heavy atom. The molecule has 0 radical (unpaired) electrons. The largest absolute Gasteiger partial charge is 0.394 e. The number of rotatable bonds is 6. The van der Waals surface area contributed by atoms with Crippen molar-refractivity contribution < 1.29 is 18.3 Å². The molecule has 0 aliphatic carbocycles. The van der Waals surface area contributed by atoms with Crippen LogP contribution in [0, 0.1) is 0 Å². The van der Waals surface area contributed by atoms with Gasteiger partial charge in [-0.15, -0.1) is 0 Å². The Labute approximate surface area is 125 Å². The summed E-state index contributed by atoms with van der Waals surface area (Å²) in [5.41, 5.74) is 1.05. The lowest BCUT2D eigenvalue weighted by Gasteiger charge is -2.31. The van der Waals surface area contributed by atoms with Crippen LogP contribution in [-0.2, 0) is 21.3 Å². The third-order valence-corrected chi connectivity index (χ3v) is 5.32. The van der Waals surface area contributed by atoms with Crippen LogP contribution < -0.4 is 5.32 Å². The first-order valence-electron chi connectivity index (χ1n) is 7.10. The van der Waals surface area contributed by atoms with Gasteiger partial charge in [0.15, 0.2) is 0 Å². The molecular formula is C14H22N2O4S. The number of benzene rings is 1. The van der Waals surface area contributed by atoms with Gasteiger partial charge in [0.25, 0.3) is 0 Å². The van der Waals surface area contributed by atoms with E-state index in [1.54, 1.807) is 12.1 Å². The summed E-state index contributed by atoms with van der Waals surface area (Å²) in [4.78, 5) is 0.279. The summed E-state index contributed by atoms with van der Waals surface area (Å²) in [7, 11) is -3.52. The van der Waals surface area contributed by atoms with E-state index in [1.807, 2.05) is 19.1 Å². The van der Waals surface area contributed by atoms with Crippen LogP contribution in [0.15, 0.2) is 29.2 Å². The van der Waals surface area contributed by atoms with Crippen molar-refractivity contribution in [2.75, 3.05) is 32.8 Å². The molecule has 1 aromatic carbocycles. The van der Waals surface area contributed by atoms with Crippen LogP contribution >= 0.6 is 0 Å². The molecule has 1 unspecified atom stereocenters. The topological polar surface area (TPSA) is 78.9 Å². The monoisotopic (exact) mass is 314 g/mol. The first kappa shape index (κ1) is 16.4. The molecular weight excluding hydrogens is 292 g/mol. The van der Waals surface area contributed by atoms with E-state index < -0.39 is 16.1 Å². The minimum atomic E-state index is -3.52. The highest BCUT2D eigenvalue weighted by Crippen LogP contribution is 2.19. The molecule has 6 nitrogen and oxygen atoms in total. The molecule has 1 atom stereocenters. The highest BCUT2D eigenvalue weighted by molar-refractivity contribution is 7.89. The lowest BCUT2D eigenvalue weighted by molar-refractivity contribution is -0.0304. The molecule has 0 bridgehead atoms. The van der Waals surface area contributed by atoms with E-state index in [-0.39, 0.29) is 18.0 Å². The van der Waals surface area contributed by atoms with Gasteiger partial charge in [-0.25, -0.2) is 8.42 Å². The third-order valence-electron chi connectivity index (χ3n) is 3.45. The highest BCUT2D eigenvalue weighted by atomic mass is 32.2. The normalized spacial score (nSPS) is 20.6. The number of morpholine rings is 1. The SMILES string of the molecule is CCNCc1ccc(S(=O)(=O)N2CCOC(CO)C2)cc1. The lowest BCUT2D eigenvalue weighted by atomic mass is 10.2. The van der Waals surface area contributed by atoms with Gasteiger partial charge in [-0.2, -0.15) is 4.31 Å². The quantitative estimate of drug-likeness (QED) is 0.783.